The molecule has 8 nitrogen and oxygen atoms in total. The fraction of sp³-hybridized carbons (Fsp3) is 0.520. The first-order valence-corrected chi connectivity index (χ1v) is 11.9. The molecule has 2 heterocycles. The van der Waals surface area contributed by atoms with Crippen LogP contribution in [0.5, 0.6) is 0 Å². The van der Waals surface area contributed by atoms with Crippen LogP contribution in [0.4, 0.5) is 11.7 Å². The van der Waals surface area contributed by atoms with E-state index in [1.54, 1.807) is 0 Å². The number of carbonyl (C=O) groups excluding carboxylic acids is 1. The van der Waals surface area contributed by atoms with Crippen molar-refractivity contribution in [3.63, 3.8) is 0 Å². The summed E-state index contributed by atoms with van der Waals surface area (Å²) in [5.74, 6) is 0.650. The van der Waals surface area contributed by atoms with E-state index in [1.165, 1.54) is 31.2 Å². The molecule has 8 heteroatoms. The summed E-state index contributed by atoms with van der Waals surface area (Å²) in [4.78, 5) is 17.2. The van der Waals surface area contributed by atoms with Gasteiger partial charge in [0.25, 0.3) is 5.89 Å². The second kappa shape index (κ2) is 8.41. The van der Waals surface area contributed by atoms with Crippen LogP contribution >= 0.6 is 0 Å². The van der Waals surface area contributed by atoms with Gasteiger partial charge in [-0.05, 0) is 60.3 Å². The average Bonchev–Trinajstić information content (AvgIpc) is 3.31. The third kappa shape index (κ3) is 4.57. The number of nitrogens with two attached hydrogens (primary N) is 1. The maximum atomic E-state index is 12.3. The predicted octanol–water partition coefficient (Wildman–Crippen LogP) is 4.71. The van der Waals surface area contributed by atoms with E-state index in [9.17, 15) is 4.79 Å². The molecule has 1 amide bonds. The first kappa shape index (κ1) is 21.8. The topological polar surface area (TPSA) is 119 Å². The van der Waals surface area contributed by atoms with Crippen molar-refractivity contribution in [2.75, 3.05) is 17.2 Å². The second-order valence-electron chi connectivity index (χ2n) is 10.3. The highest BCUT2D eigenvalue weighted by molar-refractivity contribution is 6.04. The van der Waals surface area contributed by atoms with Crippen molar-refractivity contribution in [1.29, 1.82) is 0 Å². The smallest absolute Gasteiger partial charge is 0.316 e. The molecular formula is C25H32N6O2. The molecule has 174 valence electrons. The Morgan fingerprint density at radius 2 is 1.88 bits per heavy atom. The SMILES string of the molecule is CC(C)(C)c1cc(C2CC2)cc2c(NC(=O)CN)cc(-c3nnc(NC4CCCC4)o3)nc12. The van der Waals surface area contributed by atoms with Gasteiger partial charge in [-0.2, -0.15) is 0 Å². The van der Waals surface area contributed by atoms with Crippen LogP contribution in [0.1, 0.15) is 76.3 Å². The van der Waals surface area contributed by atoms with Crippen LogP contribution in [0, 0.1) is 0 Å². The largest absolute Gasteiger partial charge is 0.402 e. The van der Waals surface area contributed by atoms with E-state index in [2.05, 4.69) is 53.7 Å². The number of hydrogen-bond acceptors (Lipinski definition) is 7. The standard InChI is InChI=1S/C25H32N6O2/c1-25(2,3)18-11-15(14-8-9-14)10-17-19(28-21(32)13-26)12-20(29-22(17)18)23-30-31-24(33-23)27-16-6-4-5-7-16/h10-12,14,16H,4-9,13,26H2,1-3H3,(H,27,31)(H,28,29,32). The van der Waals surface area contributed by atoms with Gasteiger partial charge in [0.15, 0.2) is 0 Å². The van der Waals surface area contributed by atoms with E-state index in [-0.39, 0.29) is 17.9 Å². The Balaban J connectivity index is 1.62. The lowest BCUT2D eigenvalue weighted by Crippen LogP contribution is -2.22. The van der Waals surface area contributed by atoms with Gasteiger partial charge in [0.05, 0.1) is 17.7 Å². The molecule has 2 aliphatic carbocycles. The van der Waals surface area contributed by atoms with Crippen molar-refractivity contribution in [1.82, 2.24) is 15.2 Å². The summed E-state index contributed by atoms with van der Waals surface area (Å²) in [5, 5.41) is 15.6. The Bertz CT molecular complexity index is 1190. The summed E-state index contributed by atoms with van der Waals surface area (Å²) < 4.78 is 5.93. The van der Waals surface area contributed by atoms with Crippen LogP contribution < -0.4 is 16.4 Å². The fourth-order valence-electron chi connectivity index (χ4n) is 4.62. The number of nitrogens with one attached hydrogen (secondary N) is 2. The predicted molar refractivity (Wildman–Crippen MR) is 129 cm³/mol. The molecule has 0 spiro atoms. The molecule has 4 N–H and O–H groups in total. The molecule has 0 atom stereocenters. The number of nitrogens with zero attached hydrogens (tertiary/aromatic N) is 3. The van der Waals surface area contributed by atoms with Crippen LogP contribution in [0.15, 0.2) is 22.6 Å². The highest BCUT2D eigenvalue weighted by Gasteiger charge is 2.29. The summed E-state index contributed by atoms with van der Waals surface area (Å²) in [6, 6.07) is 7.02. The Kier molecular flexibility index (Phi) is 5.56. The minimum Gasteiger partial charge on any atom is -0.402 e. The third-order valence-corrected chi connectivity index (χ3v) is 6.58. The number of anilines is 2. The Morgan fingerprint density at radius 3 is 2.55 bits per heavy atom. The highest BCUT2D eigenvalue weighted by atomic mass is 16.4. The number of benzene rings is 1. The van der Waals surface area contributed by atoms with Gasteiger partial charge < -0.3 is 20.8 Å². The number of amides is 1. The molecule has 2 aliphatic rings. The molecule has 0 unspecified atom stereocenters. The van der Waals surface area contributed by atoms with Gasteiger partial charge in [-0.15, -0.1) is 5.10 Å². The van der Waals surface area contributed by atoms with Gasteiger partial charge in [0.2, 0.25) is 5.91 Å². The maximum Gasteiger partial charge on any atom is 0.316 e. The van der Waals surface area contributed by atoms with Crippen molar-refractivity contribution in [3.8, 4) is 11.6 Å². The van der Waals surface area contributed by atoms with Crippen LogP contribution in [0.25, 0.3) is 22.5 Å². The zero-order valence-corrected chi connectivity index (χ0v) is 19.6. The molecule has 5 rings (SSSR count). The number of fused-ring (bicyclic) bond motifs is 1. The first-order valence-electron chi connectivity index (χ1n) is 11.9. The molecule has 2 fully saturated rings. The molecule has 2 aromatic heterocycles. The zero-order chi connectivity index (χ0) is 23.2. The summed E-state index contributed by atoms with van der Waals surface area (Å²) in [7, 11) is 0. The minimum absolute atomic E-state index is 0.0936. The lowest BCUT2D eigenvalue weighted by atomic mass is 9.83. The maximum absolute atomic E-state index is 12.3. The van der Waals surface area contributed by atoms with Crippen molar-refractivity contribution in [2.24, 2.45) is 5.73 Å². The van der Waals surface area contributed by atoms with Crippen LogP contribution in [-0.4, -0.2) is 33.7 Å². The molecule has 0 bridgehead atoms. The quantitative estimate of drug-likeness (QED) is 0.499. The summed E-state index contributed by atoms with van der Waals surface area (Å²) in [6.45, 7) is 6.45. The lowest BCUT2D eigenvalue weighted by molar-refractivity contribution is -0.114. The molecule has 0 aliphatic heterocycles. The molecule has 0 radical (unpaired) electrons. The highest BCUT2D eigenvalue weighted by Crippen LogP contribution is 2.44. The fourth-order valence-corrected chi connectivity index (χ4v) is 4.62. The third-order valence-electron chi connectivity index (χ3n) is 6.58. The molecule has 3 aromatic rings. The Morgan fingerprint density at radius 1 is 1.12 bits per heavy atom. The van der Waals surface area contributed by atoms with E-state index in [1.807, 2.05) is 6.07 Å². The minimum atomic E-state index is -0.253. The normalized spacial score (nSPS) is 17.0. The molecule has 0 saturated heterocycles. The van der Waals surface area contributed by atoms with E-state index in [0.29, 0.717) is 35.2 Å². The summed E-state index contributed by atoms with van der Waals surface area (Å²) in [6.07, 6.45) is 7.05. The Hall–Kier alpha value is -3.00. The van der Waals surface area contributed by atoms with Crippen molar-refractivity contribution in [3.05, 3.63) is 29.3 Å². The number of aromatic nitrogens is 3. The summed E-state index contributed by atoms with van der Waals surface area (Å²) in [5.41, 5.74) is 9.94. The lowest BCUT2D eigenvalue weighted by Gasteiger charge is -2.23. The van der Waals surface area contributed by atoms with Gasteiger partial charge in [0.1, 0.15) is 5.69 Å². The van der Waals surface area contributed by atoms with Gasteiger partial charge in [0, 0.05) is 11.4 Å². The second-order valence-corrected chi connectivity index (χ2v) is 10.3. The molecule has 1 aromatic carbocycles. The Labute approximate surface area is 193 Å². The molecule has 33 heavy (non-hydrogen) atoms. The van der Waals surface area contributed by atoms with Crippen LogP contribution in [0.2, 0.25) is 0 Å². The van der Waals surface area contributed by atoms with Crippen LogP contribution in [-0.2, 0) is 10.2 Å². The van der Waals surface area contributed by atoms with Gasteiger partial charge in [-0.25, -0.2) is 4.98 Å². The van der Waals surface area contributed by atoms with Crippen molar-refractivity contribution >= 4 is 28.5 Å². The van der Waals surface area contributed by atoms with Crippen LogP contribution in [0.3, 0.4) is 0 Å². The number of carbonyl (C=O) groups is 1. The number of rotatable bonds is 6. The molecule has 2 saturated carbocycles. The summed E-state index contributed by atoms with van der Waals surface area (Å²) >= 11 is 0. The first-order chi connectivity index (χ1) is 15.8. The monoisotopic (exact) mass is 448 g/mol. The average molecular weight is 449 g/mol. The van der Waals surface area contributed by atoms with E-state index in [4.69, 9.17) is 15.1 Å². The van der Waals surface area contributed by atoms with Crippen molar-refractivity contribution < 1.29 is 9.21 Å². The number of pyridine rings is 1. The van der Waals surface area contributed by atoms with Crippen molar-refractivity contribution in [2.45, 2.75) is 76.7 Å². The number of hydrogen-bond donors (Lipinski definition) is 3. The zero-order valence-electron chi connectivity index (χ0n) is 19.6. The van der Waals surface area contributed by atoms with E-state index in [0.717, 1.165) is 29.3 Å². The van der Waals surface area contributed by atoms with Gasteiger partial charge in [-0.1, -0.05) is 44.8 Å². The molecular weight excluding hydrogens is 416 g/mol. The van der Waals surface area contributed by atoms with Gasteiger partial charge in [-0.3, -0.25) is 4.79 Å². The van der Waals surface area contributed by atoms with E-state index >= 15 is 0 Å². The van der Waals surface area contributed by atoms with E-state index < -0.39 is 0 Å². The van der Waals surface area contributed by atoms with Gasteiger partial charge >= 0.3 is 6.01 Å².